The predicted molar refractivity (Wildman–Crippen MR) is 64.5 cm³/mol. The summed E-state index contributed by atoms with van der Waals surface area (Å²) in [4.78, 5) is 10.4. The number of benzene rings is 1. The quantitative estimate of drug-likeness (QED) is 0.854. The molecule has 0 heterocycles. The summed E-state index contributed by atoms with van der Waals surface area (Å²) in [6.07, 6.45) is 0. The lowest BCUT2D eigenvalue weighted by Crippen LogP contribution is -2.00. The maximum Gasteiger partial charge on any atom is 0.313 e. The Bertz CT molecular complexity index is 349. The number of carboxylic acid groups (broad SMARTS) is 1. The summed E-state index contributed by atoms with van der Waals surface area (Å²) in [5.74, 6) is 0.208. The molecule has 1 rings (SSSR count). The lowest BCUT2D eigenvalue weighted by Gasteiger charge is -2.10. The SMILES string of the molecule is Cc1cc(C)c(CSCC(=O)O)c(C)c1. The number of aryl methyl sites for hydroxylation is 3. The molecule has 0 amide bonds. The minimum absolute atomic E-state index is 0.173. The molecule has 1 aromatic carbocycles. The molecule has 0 atom stereocenters. The van der Waals surface area contributed by atoms with Gasteiger partial charge in [-0.3, -0.25) is 4.79 Å². The Hall–Kier alpha value is -0.960. The zero-order chi connectivity index (χ0) is 11.4. The van der Waals surface area contributed by atoms with Crippen molar-refractivity contribution in [2.24, 2.45) is 0 Å². The zero-order valence-electron chi connectivity index (χ0n) is 9.33. The van der Waals surface area contributed by atoms with Gasteiger partial charge in [0, 0.05) is 5.75 Å². The molecule has 0 aliphatic carbocycles. The summed E-state index contributed by atoms with van der Waals surface area (Å²) < 4.78 is 0. The fourth-order valence-electron chi connectivity index (χ4n) is 1.68. The van der Waals surface area contributed by atoms with Crippen LogP contribution in [0, 0.1) is 20.8 Å². The topological polar surface area (TPSA) is 37.3 Å². The maximum absolute atomic E-state index is 10.4. The van der Waals surface area contributed by atoms with Gasteiger partial charge in [-0.2, -0.15) is 0 Å². The monoisotopic (exact) mass is 224 g/mol. The van der Waals surface area contributed by atoms with Gasteiger partial charge in [-0.25, -0.2) is 0 Å². The second-order valence-corrected chi connectivity index (χ2v) is 4.75. The van der Waals surface area contributed by atoms with Crippen LogP contribution in [0.25, 0.3) is 0 Å². The van der Waals surface area contributed by atoms with Gasteiger partial charge in [0.15, 0.2) is 0 Å². The molecule has 2 nitrogen and oxygen atoms in total. The number of rotatable bonds is 4. The number of hydrogen-bond donors (Lipinski definition) is 1. The molecule has 1 aromatic rings. The van der Waals surface area contributed by atoms with E-state index in [0.717, 1.165) is 5.75 Å². The molecule has 0 fully saturated rings. The number of thioether (sulfide) groups is 1. The highest BCUT2D eigenvalue weighted by Gasteiger charge is 2.05. The van der Waals surface area contributed by atoms with Crippen LogP contribution in [0.3, 0.4) is 0 Å². The summed E-state index contributed by atoms with van der Waals surface area (Å²) in [5.41, 5.74) is 5.04. The van der Waals surface area contributed by atoms with Crippen molar-refractivity contribution in [2.75, 3.05) is 5.75 Å². The van der Waals surface area contributed by atoms with Crippen LogP contribution in [-0.2, 0) is 10.5 Å². The van der Waals surface area contributed by atoms with E-state index in [1.54, 1.807) is 0 Å². The van der Waals surface area contributed by atoms with Gasteiger partial charge < -0.3 is 5.11 Å². The Kier molecular flexibility index (Phi) is 4.21. The zero-order valence-corrected chi connectivity index (χ0v) is 10.1. The van der Waals surface area contributed by atoms with Gasteiger partial charge in [-0.1, -0.05) is 17.7 Å². The molecule has 0 unspecified atom stereocenters. The van der Waals surface area contributed by atoms with E-state index in [1.165, 1.54) is 34.0 Å². The number of carboxylic acids is 1. The molecule has 82 valence electrons. The number of hydrogen-bond acceptors (Lipinski definition) is 2. The summed E-state index contributed by atoms with van der Waals surface area (Å²) in [5, 5.41) is 8.55. The van der Waals surface area contributed by atoms with Crippen molar-refractivity contribution in [1.82, 2.24) is 0 Å². The second kappa shape index (κ2) is 5.21. The van der Waals surface area contributed by atoms with Gasteiger partial charge in [0.25, 0.3) is 0 Å². The Morgan fingerprint density at radius 1 is 1.27 bits per heavy atom. The smallest absolute Gasteiger partial charge is 0.313 e. The molecule has 0 saturated carbocycles. The van der Waals surface area contributed by atoms with Crippen molar-refractivity contribution in [2.45, 2.75) is 26.5 Å². The fraction of sp³-hybridized carbons (Fsp3) is 0.417. The van der Waals surface area contributed by atoms with Crippen molar-refractivity contribution in [3.05, 3.63) is 34.4 Å². The molecule has 1 N–H and O–H groups in total. The minimum Gasteiger partial charge on any atom is -0.481 e. The van der Waals surface area contributed by atoms with E-state index in [-0.39, 0.29) is 5.75 Å². The average molecular weight is 224 g/mol. The summed E-state index contributed by atoms with van der Waals surface area (Å²) >= 11 is 1.45. The molecule has 0 radical (unpaired) electrons. The molecular weight excluding hydrogens is 208 g/mol. The summed E-state index contributed by atoms with van der Waals surface area (Å²) in [6.45, 7) is 6.24. The van der Waals surface area contributed by atoms with Crippen LogP contribution in [0.2, 0.25) is 0 Å². The standard InChI is InChI=1S/C12H16O2S/c1-8-4-9(2)11(10(3)5-8)6-15-7-12(13)14/h4-5H,6-7H2,1-3H3,(H,13,14). The first-order chi connectivity index (χ1) is 7.00. The van der Waals surface area contributed by atoms with Crippen LogP contribution in [-0.4, -0.2) is 16.8 Å². The van der Waals surface area contributed by atoms with Crippen molar-refractivity contribution in [3.8, 4) is 0 Å². The maximum atomic E-state index is 10.4. The Labute approximate surface area is 94.7 Å². The van der Waals surface area contributed by atoms with Crippen LogP contribution >= 0.6 is 11.8 Å². The van der Waals surface area contributed by atoms with Gasteiger partial charge in [-0.05, 0) is 37.5 Å². The van der Waals surface area contributed by atoms with Gasteiger partial charge in [0.1, 0.15) is 0 Å². The van der Waals surface area contributed by atoms with Gasteiger partial charge in [0.05, 0.1) is 5.75 Å². The van der Waals surface area contributed by atoms with Crippen molar-refractivity contribution < 1.29 is 9.90 Å². The minimum atomic E-state index is -0.748. The van der Waals surface area contributed by atoms with Crippen LogP contribution < -0.4 is 0 Å². The fourth-order valence-corrected chi connectivity index (χ4v) is 2.61. The van der Waals surface area contributed by atoms with E-state index in [2.05, 4.69) is 32.9 Å². The Morgan fingerprint density at radius 3 is 2.27 bits per heavy atom. The molecule has 0 saturated heterocycles. The van der Waals surface area contributed by atoms with E-state index in [4.69, 9.17) is 5.11 Å². The van der Waals surface area contributed by atoms with Gasteiger partial charge in [0.2, 0.25) is 0 Å². The molecule has 0 spiro atoms. The van der Waals surface area contributed by atoms with Crippen molar-refractivity contribution in [1.29, 1.82) is 0 Å². The first-order valence-corrected chi connectivity index (χ1v) is 6.02. The highest BCUT2D eigenvalue weighted by molar-refractivity contribution is 7.99. The normalized spacial score (nSPS) is 10.3. The second-order valence-electron chi connectivity index (χ2n) is 3.76. The first-order valence-electron chi connectivity index (χ1n) is 4.87. The van der Waals surface area contributed by atoms with Crippen LogP contribution in [0.5, 0.6) is 0 Å². The molecule has 0 aliphatic rings. The number of carbonyl (C=O) groups is 1. The largest absolute Gasteiger partial charge is 0.481 e. The van der Waals surface area contributed by atoms with Gasteiger partial charge >= 0.3 is 5.97 Å². The van der Waals surface area contributed by atoms with Crippen LogP contribution in [0.1, 0.15) is 22.3 Å². The predicted octanol–water partition coefficient (Wildman–Crippen LogP) is 2.93. The van der Waals surface area contributed by atoms with Crippen LogP contribution in [0.4, 0.5) is 0 Å². The van der Waals surface area contributed by atoms with E-state index < -0.39 is 5.97 Å². The first kappa shape index (κ1) is 12.1. The lowest BCUT2D eigenvalue weighted by atomic mass is 10.0. The van der Waals surface area contributed by atoms with E-state index in [0.29, 0.717) is 0 Å². The highest BCUT2D eigenvalue weighted by atomic mass is 32.2. The average Bonchev–Trinajstić information content (AvgIpc) is 2.08. The third kappa shape index (κ3) is 3.59. The molecule has 0 aromatic heterocycles. The molecule has 0 bridgehead atoms. The van der Waals surface area contributed by atoms with Crippen LogP contribution in [0.15, 0.2) is 12.1 Å². The summed E-state index contributed by atoms with van der Waals surface area (Å²) in [6, 6.07) is 4.29. The van der Waals surface area contributed by atoms with Gasteiger partial charge in [-0.15, -0.1) is 11.8 Å². The summed E-state index contributed by atoms with van der Waals surface area (Å²) in [7, 11) is 0. The van der Waals surface area contributed by atoms with Crippen molar-refractivity contribution in [3.63, 3.8) is 0 Å². The molecule has 15 heavy (non-hydrogen) atoms. The third-order valence-corrected chi connectivity index (χ3v) is 3.26. The van der Waals surface area contributed by atoms with Crippen molar-refractivity contribution >= 4 is 17.7 Å². The lowest BCUT2D eigenvalue weighted by molar-refractivity contribution is -0.133. The molecule has 3 heteroatoms. The highest BCUT2D eigenvalue weighted by Crippen LogP contribution is 2.21. The third-order valence-electron chi connectivity index (χ3n) is 2.31. The van der Waals surface area contributed by atoms with E-state index in [1.807, 2.05) is 0 Å². The number of aliphatic carboxylic acids is 1. The molecule has 0 aliphatic heterocycles. The molecular formula is C12H16O2S. The Morgan fingerprint density at radius 2 is 1.80 bits per heavy atom. The Balaban J connectivity index is 2.72. The van der Waals surface area contributed by atoms with E-state index in [9.17, 15) is 4.79 Å². The van der Waals surface area contributed by atoms with E-state index >= 15 is 0 Å².